The fourth-order valence-electron chi connectivity index (χ4n) is 3.79. The van der Waals surface area contributed by atoms with Crippen molar-refractivity contribution >= 4 is 30.2 Å². The summed E-state index contributed by atoms with van der Waals surface area (Å²) >= 11 is 0. The summed E-state index contributed by atoms with van der Waals surface area (Å²) in [5.41, 5.74) is 7.84. The lowest BCUT2D eigenvalue weighted by Gasteiger charge is -2.21. The molecule has 0 amide bonds. The van der Waals surface area contributed by atoms with Crippen LogP contribution in [-0.2, 0) is 37.6 Å². The van der Waals surface area contributed by atoms with Gasteiger partial charge in [-0.25, -0.2) is 0 Å². The van der Waals surface area contributed by atoms with Gasteiger partial charge in [-0.2, -0.15) is 0 Å². The molecule has 0 aliphatic carbocycles. The highest BCUT2D eigenvalue weighted by molar-refractivity contribution is 6.48. The van der Waals surface area contributed by atoms with Gasteiger partial charge in [0.1, 0.15) is 0 Å². The first-order valence-electron chi connectivity index (χ1n) is 13.7. The van der Waals surface area contributed by atoms with Gasteiger partial charge < -0.3 is 13.6 Å². The van der Waals surface area contributed by atoms with E-state index in [1.54, 1.807) is 0 Å². The lowest BCUT2D eigenvalue weighted by Crippen LogP contribution is -2.13. The molecule has 2 aromatic rings. The minimum Gasteiger partial charge on any atom is -0.416 e. The average molecular weight is 539 g/mol. The van der Waals surface area contributed by atoms with Gasteiger partial charge in [0.25, 0.3) is 0 Å². The molecule has 0 spiro atoms. The molecule has 5 heteroatoms. The van der Waals surface area contributed by atoms with Crippen LogP contribution in [0.5, 0.6) is 0 Å². The Bertz CT molecular complexity index is 957. The van der Waals surface area contributed by atoms with E-state index in [0.717, 1.165) is 0 Å². The summed E-state index contributed by atoms with van der Waals surface area (Å²) in [6.45, 7) is 24.9. The molecule has 0 saturated carbocycles. The minimum atomic E-state index is -1.08. The molecule has 0 fully saturated rings. The van der Waals surface area contributed by atoms with Crippen LogP contribution in [0.2, 0.25) is 26.2 Å². The summed E-state index contributed by atoms with van der Waals surface area (Å²) in [6, 6.07) is 13.5. The van der Waals surface area contributed by atoms with E-state index in [0.29, 0.717) is 26.4 Å². The molecule has 0 aromatic heterocycles. The summed E-state index contributed by atoms with van der Waals surface area (Å²) < 4.78 is 18.0. The fourth-order valence-corrected chi connectivity index (χ4v) is 4.81. The smallest absolute Gasteiger partial charge is 0.171 e. The first kappa shape index (κ1) is 31.5. The standard InChI is InChI=1S/C32H50O3Si2/c1-31(2,3)29-17-15-25(27(21-29)23-34-36(7)8)13-11-19-33-20-12-14-26-16-18-30(32(4,5)6)22-28(26)24-35-37(9)10/h11-18,21-22,36-37H,19-20,23-24H2,1-10H3. The quantitative estimate of drug-likeness (QED) is 0.202. The Hall–Kier alpha value is -1.77. The molecule has 0 aliphatic rings. The Balaban J connectivity index is 2.01. The van der Waals surface area contributed by atoms with Crippen molar-refractivity contribution in [1.82, 2.24) is 0 Å². The topological polar surface area (TPSA) is 27.7 Å². The highest BCUT2D eigenvalue weighted by atomic mass is 28.3. The van der Waals surface area contributed by atoms with Crippen molar-refractivity contribution in [1.29, 1.82) is 0 Å². The molecule has 37 heavy (non-hydrogen) atoms. The van der Waals surface area contributed by atoms with E-state index >= 15 is 0 Å². The molecule has 0 N–H and O–H groups in total. The van der Waals surface area contributed by atoms with Crippen molar-refractivity contribution in [3.63, 3.8) is 0 Å². The van der Waals surface area contributed by atoms with E-state index < -0.39 is 18.1 Å². The van der Waals surface area contributed by atoms with Crippen molar-refractivity contribution in [2.24, 2.45) is 0 Å². The molecular formula is C32H50O3Si2. The van der Waals surface area contributed by atoms with Gasteiger partial charge >= 0.3 is 0 Å². The van der Waals surface area contributed by atoms with E-state index in [1.165, 1.54) is 33.4 Å². The maximum atomic E-state index is 6.06. The average Bonchev–Trinajstić information content (AvgIpc) is 2.80. The molecule has 0 radical (unpaired) electrons. The Labute approximate surface area is 230 Å². The third-order valence-electron chi connectivity index (χ3n) is 6.19. The third kappa shape index (κ3) is 11.2. The van der Waals surface area contributed by atoms with Crippen LogP contribution in [0.1, 0.15) is 74.9 Å². The Morgan fingerprint density at radius 1 is 0.622 bits per heavy atom. The molecule has 0 heterocycles. The predicted octanol–water partition coefficient (Wildman–Crippen LogP) is 8.02. The molecule has 0 saturated heterocycles. The maximum Gasteiger partial charge on any atom is 0.171 e. The van der Waals surface area contributed by atoms with E-state index in [9.17, 15) is 0 Å². The van der Waals surface area contributed by atoms with Crippen LogP contribution in [0.4, 0.5) is 0 Å². The second kappa shape index (κ2) is 14.4. The van der Waals surface area contributed by atoms with Gasteiger partial charge in [-0.3, -0.25) is 0 Å². The highest BCUT2D eigenvalue weighted by Gasteiger charge is 2.16. The van der Waals surface area contributed by atoms with E-state index in [1.807, 2.05) is 0 Å². The van der Waals surface area contributed by atoms with Crippen molar-refractivity contribution < 1.29 is 13.6 Å². The van der Waals surface area contributed by atoms with Crippen LogP contribution in [0.3, 0.4) is 0 Å². The minimum absolute atomic E-state index is 0.123. The molecule has 2 rings (SSSR count). The fraction of sp³-hybridized carbons (Fsp3) is 0.500. The zero-order valence-corrected chi connectivity index (χ0v) is 27.3. The van der Waals surface area contributed by atoms with Crippen molar-refractivity contribution in [2.75, 3.05) is 13.2 Å². The zero-order valence-electron chi connectivity index (χ0n) is 25.0. The molecule has 204 valence electrons. The van der Waals surface area contributed by atoms with Gasteiger partial charge in [-0.05, 0) is 70.4 Å². The lowest BCUT2D eigenvalue weighted by atomic mass is 9.85. The summed E-state index contributed by atoms with van der Waals surface area (Å²) in [6.07, 6.45) is 8.52. The second-order valence-electron chi connectivity index (χ2n) is 12.4. The maximum absolute atomic E-state index is 6.06. The van der Waals surface area contributed by atoms with Crippen LogP contribution in [0.25, 0.3) is 12.2 Å². The largest absolute Gasteiger partial charge is 0.416 e. The summed E-state index contributed by atoms with van der Waals surface area (Å²) in [7, 11) is -2.16. The lowest BCUT2D eigenvalue weighted by molar-refractivity contribution is 0.195. The molecule has 2 aromatic carbocycles. The monoisotopic (exact) mass is 538 g/mol. The molecule has 3 nitrogen and oxygen atoms in total. The third-order valence-corrected chi connectivity index (χ3v) is 7.85. The Morgan fingerprint density at radius 2 is 1.00 bits per heavy atom. The molecular weight excluding hydrogens is 489 g/mol. The summed E-state index contributed by atoms with van der Waals surface area (Å²) in [4.78, 5) is 0. The van der Waals surface area contributed by atoms with E-state index in [2.05, 4.69) is 128 Å². The summed E-state index contributed by atoms with van der Waals surface area (Å²) in [5.74, 6) is 0. The first-order valence-corrected chi connectivity index (χ1v) is 19.2. The van der Waals surface area contributed by atoms with Crippen LogP contribution in [0, 0.1) is 0 Å². The van der Waals surface area contributed by atoms with E-state index in [4.69, 9.17) is 13.6 Å². The normalized spacial score (nSPS) is 13.1. The highest BCUT2D eigenvalue weighted by Crippen LogP contribution is 2.27. The molecule has 0 bridgehead atoms. The van der Waals surface area contributed by atoms with Gasteiger partial charge in [0, 0.05) is 0 Å². The number of rotatable bonds is 12. The van der Waals surface area contributed by atoms with Crippen LogP contribution >= 0.6 is 0 Å². The number of hydrogen-bond acceptors (Lipinski definition) is 3. The Kier molecular flexibility index (Phi) is 12.2. The van der Waals surface area contributed by atoms with Gasteiger partial charge in [0.2, 0.25) is 0 Å². The van der Waals surface area contributed by atoms with E-state index in [-0.39, 0.29) is 10.8 Å². The first-order chi connectivity index (χ1) is 17.3. The SMILES string of the molecule is C[SiH](C)OCc1cc(C(C)(C)C)ccc1C=CCOCC=Cc1ccc(C(C)(C)C)cc1CO[SiH](C)C. The second-order valence-corrected chi connectivity index (χ2v) is 17.3. The van der Waals surface area contributed by atoms with Crippen molar-refractivity contribution in [2.45, 2.75) is 91.8 Å². The van der Waals surface area contributed by atoms with Gasteiger partial charge in [0.15, 0.2) is 18.1 Å². The van der Waals surface area contributed by atoms with Crippen LogP contribution in [0.15, 0.2) is 48.6 Å². The zero-order chi connectivity index (χ0) is 27.6. The number of benzene rings is 2. The van der Waals surface area contributed by atoms with Crippen LogP contribution in [-0.4, -0.2) is 31.3 Å². The Morgan fingerprint density at radius 3 is 1.32 bits per heavy atom. The van der Waals surface area contributed by atoms with Crippen molar-refractivity contribution in [3.8, 4) is 0 Å². The summed E-state index contributed by atoms with van der Waals surface area (Å²) in [5, 5.41) is 0. The number of ether oxygens (including phenoxy) is 1. The van der Waals surface area contributed by atoms with Crippen molar-refractivity contribution in [3.05, 3.63) is 81.9 Å². The van der Waals surface area contributed by atoms with Gasteiger partial charge in [0.05, 0.1) is 26.4 Å². The molecule has 0 unspecified atom stereocenters. The molecule has 0 atom stereocenters. The van der Waals surface area contributed by atoms with Gasteiger partial charge in [-0.1, -0.05) is 102 Å². The molecule has 0 aliphatic heterocycles. The number of hydrogen-bond donors (Lipinski definition) is 0. The van der Waals surface area contributed by atoms with Crippen LogP contribution < -0.4 is 0 Å². The van der Waals surface area contributed by atoms with Gasteiger partial charge in [-0.15, -0.1) is 0 Å². The predicted molar refractivity (Wildman–Crippen MR) is 167 cm³/mol.